The summed E-state index contributed by atoms with van der Waals surface area (Å²) in [6.07, 6.45) is 0.441. The average molecular weight is 343 g/mol. The maximum Gasteiger partial charge on any atom is 0.303 e. The van der Waals surface area contributed by atoms with Crippen LogP contribution >= 0.6 is 0 Å². The van der Waals surface area contributed by atoms with Gasteiger partial charge in [-0.2, -0.15) is 5.10 Å². The van der Waals surface area contributed by atoms with E-state index < -0.39 is 5.97 Å². The summed E-state index contributed by atoms with van der Waals surface area (Å²) in [5, 5.41) is 15.9. The third-order valence-corrected chi connectivity index (χ3v) is 3.93. The van der Waals surface area contributed by atoms with Crippen molar-refractivity contribution in [3.05, 3.63) is 53.3 Å². The molecule has 1 aromatic heterocycles. The van der Waals surface area contributed by atoms with E-state index in [0.29, 0.717) is 25.2 Å². The molecule has 0 radical (unpaired) electrons. The monoisotopic (exact) mass is 343 g/mol. The minimum Gasteiger partial charge on any atom is -0.481 e. The Morgan fingerprint density at radius 2 is 1.88 bits per heavy atom. The van der Waals surface area contributed by atoms with Crippen LogP contribution in [0.1, 0.15) is 55.4 Å². The van der Waals surface area contributed by atoms with Crippen LogP contribution in [0.2, 0.25) is 0 Å². The van der Waals surface area contributed by atoms with E-state index in [-0.39, 0.29) is 17.7 Å². The molecule has 0 spiro atoms. The van der Waals surface area contributed by atoms with Crippen molar-refractivity contribution < 1.29 is 14.7 Å². The van der Waals surface area contributed by atoms with Crippen molar-refractivity contribution in [3.8, 4) is 0 Å². The van der Waals surface area contributed by atoms with E-state index in [1.165, 1.54) is 0 Å². The molecule has 0 atom stereocenters. The number of carbonyl (C=O) groups excluding carboxylic acids is 1. The predicted molar refractivity (Wildman–Crippen MR) is 95.3 cm³/mol. The predicted octanol–water partition coefficient (Wildman–Crippen LogP) is 3.21. The third kappa shape index (κ3) is 5.45. The van der Waals surface area contributed by atoms with Gasteiger partial charge in [0, 0.05) is 30.6 Å². The number of hydrogen-bond donors (Lipinski definition) is 2. The SMILES string of the molecule is CC(C)(C)c1cc(C(=O)N(CCCC(=O)O)Cc2ccccc2)n[nH]1. The number of aromatic nitrogens is 2. The summed E-state index contributed by atoms with van der Waals surface area (Å²) in [5.41, 5.74) is 2.12. The highest BCUT2D eigenvalue weighted by molar-refractivity contribution is 5.92. The standard InChI is InChI=1S/C19H25N3O3/c1-19(2,3)16-12-15(20-21-16)18(25)22(11-7-10-17(23)24)13-14-8-5-4-6-9-14/h4-6,8-9,12H,7,10-11,13H2,1-3H3,(H,20,21)(H,23,24). The summed E-state index contributed by atoms with van der Waals surface area (Å²) >= 11 is 0. The van der Waals surface area contributed by atoms with Crippen LogP contribution < -0.4 is 0 Å². The van der Waals surface area contributed by atoms with Crippen molar-refractivity contribution >= 4 is 11.9 Å². The molecule has 0 aliphatic rings. The molecule has 134 valence electrons. The molecule has 2 rings (SSSR count). The largest absolute Gasteiger partial charge is 0.481 e. The van der Waals surface area contributed by atoms with Gasteiger partial charge in [-0.15, -0.1) is 0 Å². The number of nitrogens with zero attached hydrogens (tertiary/aromatic N) is 2. The molecule has 0 unspecified atom stereocenters. The van der Waals surface area contributed by atoms with Gasteiger partial charge in [-0.25, -0.2) is 0 Å². The third-order valence-electron chi connectivity index (χ3n) is 3.93. The van der Waals surface area contributed by atoms with Crippen molar-refractivity contribution in [1.82, 2.24) is 15.1 Å². The summed E-state index contributed by atoms with van der Waals surface area (Å²) in [4.78, 5) is 25.3. The maximum atomic E-state index is 12.9. The van der Waals surface area contributed by atoms with Crippen molar-refractivity contribution in [2.45, 2.75) is 45.6 Å². The summed E-state index contributed by atoms with van der Waals surface area (Å²) in [6.45, 7) is 6.94. The van der Waals surface area contributed by atoms with E-state index in [4.69, 9.17) is 5.11 Å². The van der Waals surface area contributed by atoms with Gasteiger partial charge in [-0.1, -0.05) is 51.1 Å². The number of nitrogens with one attached hydrogen (secondary N) is 1. The van der Waals surface area contributed by atoms with Crippen LogP contribution in [-0.2, 0) is 16.8 Å². The molecular formula is C19H25N3O3. The molecular weight excluding hydrogens is 318 g/mol. The molecule has 1 amide bonds. The fourth-order valence-corrected chi connectivity index (χ4v) is 2.45. The Bertz CT molecular complexity index is 717. The molecule has 0 saturated heterocycles. The summed E-state index contributed by atoms with van der Waals surface area (Å²) in [7, 11) is 0. The molecule has 2 aromatic rings. The first-order chi connectivity index (χ1) is 11.8. The number of aromatic amines is 1. The number of amides is 1. The minimum atomic E-state index is -0.859. The second kappa shape index (κ2) is 7.96. The van der Waals surface area contributed by atoms with E-state index in [1.54, 1.807) is 11.0 Å². The van der Waals surface area contributed by atoms with E-state index in [0.717, 1.165) is 11.3 Å². The van der Waals surface area contributed by atoms with Crippen molar-refractivity contribution in [3.63, 3.8) is 0 Å². The zero-order valence-electron chi connectivity index (χ0n) is 15.0. The molecule has 0 fully saturated rings. The number of rotatable bonds is 7. The first-order valence-corrected chi connectivity index (χ1v) is 8.38. The van der Waals surface area contributed by atoms with E-state index in [1.807, 2.05) is 51.1 Å². The van der Waals surface area contributed by atoms with Gasteiger partial charge in [-0.05, 0) is 18.1 Å². The number of carbonyl (C=O) groups is 2. The number of aliphatic carboxylic acids is 1. The highest BCUT2D eigenvalue weighted by Gasteiger charge is 2.23. The highest BCUT2D eigenvalue weighted by atomic mass is 16.4. The molecule has 0 aliphatic carbocycles. The second-order valence-electron chi connectivity index (χ2n) is 7.13. The van der Waals surface area contributed by atoms with Gasteiger partial charge in [0.1, 0.15) is 5.69 Å². The zero-order valence-corrected chi connectivity index (χ0v) is 15.0. The van der Waals surface area contributed by atoms with Crippen LogP contribution in [0.25, 0.3) is 0 Å². The summed E-state index contributed by atoms with van der Waals surface area (Å²) < 4.78 is 0. The first-order valence-electron chi connectivity index (χ1n) is 8.38. The number of carboxylic acid groups (broad SMARTS) is 1. The Balaban J connectivity index is 2.16. The molecule has 6 nitrogen and oxygen atoms in total. The lowest BCUT2D eigenvalue weighted by Crippen LogP contribution is -2.32. The number of benzene rings is 1. The van der Waals surface area contributed by atoms with Crippen LogP contribution in [0, 0.1) is 0 Å². The Morgan fingerprint density at radius 1 is 1.20 bits per heavy atom. The smallest absolute Gasteiger partial charge is 0.303 e. The topological polar surface area (TPSA) is 86.3 Å². The Labute approximate surface area is 147 Å². The lowest BCUT2D eigenvalue weighted by molar-refractivity contribution is -0.137. The molecule has 1 heterocycles. The number of carboxylic acids is 1. The van der Waals surface area contributed by atoms with Gasteiger partial charge in [0.2, 0.25) is 0 Å². The zero-order chi connectivity index (χ0) is 18.4. The van der Waals surface area contributed by atoms with Gasteiger partial charge in [-0.3, -0.25) is 14.7 Å². The van der Waals surface area contributed by atoms with Gasteiger partial charge < -0.3 is 10.0 Å². The van der Waals surface area contributed by atoms with Gasteiger partial charge in [0.15, 0.2) is 0 Å². The van der Waals surface area contributed by atoms with Crippen molar-refractivity contribution in [2.24, 2.45) is 0 Å². The van der Waals surface area contributed by atoms with Gasteiger partial charge in [0.25, 0.3) is 5.91 Å². The van der Waals surface area contributed by atoms with Gasteiger partial charge >= 0.3 is 5.97 Å². The van der Waals surface area contributed by atoms with E-state index in [9.17, 15) is 9.59 Å². The van der Waals surface area contributed by atoms with Gasteiger partial charge in [0.05, 0.1) is 0 Å². The lowest BCUT2D eigenvalue weighted by Gasteiger charge is -2.21. The molecule has 6 heteroatoms. The Kier molecular flexibility index (Phi) is 5.96. The normalized spacial score (nSPS) is 11.3. The molecule has 1 aromatic carbocycles. The Hall–Kier alpha value is -2.63. The Morgan fingerprint density at radius 3 is 2.44 bits per heavy atom. The fraction of sp³-hybridized carbons (Fsp3) is 0.421. The molecule has 0 saturated carbocycles. The van der Waals surface area contributed by atoms with Crippen molar-refractivity contribution in [2.75, 3.05) is 6.54 Å². The quantitative estimate of drug-likeness (QED) is 0.808. The second-order valence-corrected chi connectivity index (χ2v) is 7.13. The molecule has 0 aliphatic heterocycles. The summed E-state index contributed by atoms with van der Waals surface area (Å²) in [6, 6.07) is 11.4. The summed E-state index contributed by atoms with van der Waals surface area (Å²) in [5.74, 6) is -1.05. The lowest BCUT2D eigenvalue weighted by atomic mass is 9.92. The van der Waals surface area contributed by atoms with Crippen LogP contribution in [0.5, 0.6) is 0 Å². The van der Waals surface area contributed by atoms with Crippen LogP contribution in [-0.4, -0.2) is 38.6 Å². The number of hydrogen-bond acceptors (Lipinski definition) is 3. The average Bonchev–Trinajstić information content (AvgIpc) is 3.04. The fourth-order valence-electron chi connectivity index (χ4n) is 2.45. The van der Waals surface area contributed by atoms with Crippen LogP contribution in [0.15, 0.2) is 36.4 Å². The first kappa shape index (κ1) is 18.7. The molecule has 25 heavy (non-hydrogen) atoms. The highest BCUT2D eigenvalue weighted by Crippen LogP contribution is 2.21. The van der Waals surface area contributed by atoms with E-state index >= 15 is 0 Å². The maximum absolute atomic E-state index is 12.9. The van der Waals surface area contributed by atoms with Crippen LogP contribution in [0.4, 0.5) is 0 Å². The molecule has 0 bridgehead atoms. The van der Waals surface area contributed by atoms with Crippen molar-refractivity contribution in [1.29, 1.82) is 0 Å². The van der Waals surface area contributed by atoms with Crippen LogP contribution in [0.3, 0.4) is 0 Å². The minimum absolute atomic E-state index is 0.0341. The molecule has 2 N–H and O–H groups in total. The number of H-pyrrole nitrogens is 1. The van der Waals surface area contributed by atoms with E-state index in [2.05, 4.69) is 10.2 Å².